The average Bonchev–Trinajstić information content (AvgIpc) is 3.25. The van der Waals surface area contributed by atoms with E-state index in [1.54, 1.807) is 17.6 Å². The molecule has 1 aliphatic rings. The number of aromatic amines is 1. The van der Waals surface area contributed by atoms with E-state index >= 15 is 0 Å². The van der Waals surface area contributed by atoms with Gasteiger partial charge in [-0.25, -0.2) is 5.43 Å². The highest BCUT2D eigenvalue weighted by atomic mass is 32.1. The Hall–Kier alpha value is -2.40. The lowest BCUT2D eigenvalue weighted by Crippen LogP contribution is -2.16. The highest BCUT2D eigenvalue weighted by molar-refractivity contribution is 7.14. The number of hydrogen-bond acceptors (Lipinski definition) is 3. The highest BCUT2D eigenvalue weighted by Gasteiger charge is 2.20. The monoisotopic (exact) mass is 365 g/mol. The Morgan fingerprint density at radius 3 is 3.19 bits per heavy atom. The summed E-state index contributed by atoms with van der Waals surface area (Å²) in [5, 5.41) is 5.31. The first-order chi connectivity index (χ1) is 12.7. The number of fused-ring (bicyclic) bond motifs is 2. The van der Waals surface area contributed by atoms with Gasteiger partial charge in [-0.15, -0.1) is 11.3 Å². The maximum atomic E-state index is 12.4. The molecule has 3 aromatic rings. The number of amides is 1. The van der Waals surface area contributed by atoms with Crippen LogP contribution in [0.1, 0.15) is 51.5 Å². The van der Waals surface area contributed by atoms with Crippen LogP contribution >= 0.6 is 11.3 Å². The van der Waals surface area contributed by atoms with Crippen molar-refractivity contribution in [1.82, 2.24) is 10.4 Å². The number of carbonyl (C=O) groups excluding carboxylic acids is 1. The van der Waals surface area contributed by atoms with E-state index in [4.69, 9.17) is 0 Å². The SMILES string of the molecule is CCc1cccc2c(/C=N/NC(=O)c3cc4c(s3)CC[C@@H](C)C4)c[nH]c12. The van der Waals surface area contributed by atoms with E-state index in [0.29, 0.717) is 5.92 Å². The van der Waals surface area contributed by atoms with E-state index in [2.05, 4.69) is 47.6 Å². The first-order valence-corrected chi connectivity index (χ1v) is 10.0. The van der Waals surface area contributed by atoms with Crippen molar-refractivity contribution >= 4 is 34.4 Å². The van der Waals surface area contributed by atoms with Gasteiger partial charge in [0.15, 0.2) is 0 Å². The number of carbonyl (C=O) groups is 1. The second-order valence-corrected chi connectivity index (χ2v) is 8.18. The fraction of sp³-hybridized carbons (Fsp3) is 0.333. The normalized spacial score (nSPS) is 16.9. The van der Waals surface area contributed by atoms with Crippen LogP contribution in [0, 0.1) is 5.92 Å². The largest absolute Gasteiger partial charge is 0.360 e. The van der Waals surface area contributed by atoms with Crippen molar-refractivity contribution in [1.29, 1.82) is 0 Å². The van der Waals surface area contributed by atoms with Crippen molar-refractivity contribution in [2.75, 3.05) is 0 Å². The molecule has 1 aromatic carbocycles. The quantitative estimate of drug-likeness (QED) is 0.512. The zero-order valence-corrected chi connectivity index (χ0v) is 16.0. The second-order valence-electron chi connectivity index (χ2n) is 7.04. The standard InChI is InChI=1S/C21H23N3OS/c1-3-14-5-4-6-17-16(11-22-20(14)17)12-23-24-21(25)19-10-15-9-13(2)7-8-18(15)26-19/h4-6,10-13,22H,3,7-9H2,1-2H3,(H,24,25)/b23-12+/t13-/m1/s1. The number of para-hydroxylation sites is 1. The van der Waals surface area contributed by atoms with Gasteiger partial charge in [-0.2, -0.15) is 5.10 Å². The fourth-order valence-electron chi connectivity index (χ4n) is 3.67. The predicted octanol–water partition coefficient (Wildman–Crippen LogP) is 4.68. The predicted molar refractivity (Wildman–Crippen MR) is 108 cm³/mol. The van der Waals surface area contributed by atoms with Crippen LogP contribution in [-0.2, 0) is 19.3 Å². The number of hydrazone groups is 1. The molecule has 0 unspecified atom stereocenters. The zero-order chi connectivity index (χ0) is 18.1. The average molecular weight is 366 g/mol. The number of hydrogen-bond donors (Lipinski definition) is 2. The van der Waals surface area contributed by atoms with Gasteiger partial charge in [0.05, 0.1) is 11.1 Å². The number of thiophene rings is 1. The van der Waals surface area contributed by atoms with Gasteiger partial charge in [-0.05, 0) is 48.8 Å². The summed E-state index contributed by atoms with van der Waals surface area (Å²) < 4.78 is 0. The molecule has 2 aromatic heterocycles. The molecule has 0 spiro atoms. The van der Waals surface area contributed by atoms with Crippen LogP contribution < -0.4 is 5.43 Å². The van der Waals surface area contributed by atoms with Gasteiger partial charge in [-0.1, -0.05) is 32.0 Å². The van der Waals surface area contributed by atoms with Crippen LogP contribution in [0.5, 0.6) is 0 Å². The molecule has 4 rings (SSSR count). The minimum atomic E-state index is -0.123. The molecule has 0 saturated heterocycles. The molecule has 0 fully saturated rings. The number of rotatable bonds is 4. The lowest BCUT2D eigenvalue weighted by atomic mass is 9.90. The Kier molecular flexibility index (Phi) is 4.64. The van der Waals surface area contributed by atoms with E-state index in [1.807, 2.05) is 12.3 Å². The molecule has 0 saturated carbocycles. The van der Waals surface area contributed by atoms with Crippen LogP contribution in [0.15, 0.2) is 35.6 Å². The number of benzene rings is 1. The molecule has 1 atom stereocenters. The van der Waals surface area contributed by atoms with Gasteiger partial charge >= 0.3 is 0 Å². The van der Waals surface area contributed by atoms with Gasteiger partial charge < -0.3 is 4.98 Å². The number of H-pyrrole nitrogens is 1. The van der Waals surface area contributed by atoms with Crippen molar-refractivity contribution in [3.8, 4) is 0 Å². The molecule has 0 radical (unpaired) electrons. The Morgan fingerprint density at radius 1 is 1.46 bits per heavy atom. The minimum Gasteiger partial charge on any atom is -0.360 e. The Balaban J connectivity index is 1.48. The van der Waals surface area contributed by atoms with Crippen molar-refractivity contribution in [2.24, 2.45) is 11.0 Å². The molecule has 2 heterocycles. The lowest BCUT2D eigenvalue weighted by Gasteiger charge is -2.16. The van der Waals surface area contributed by atoms with Crippen molar-refractivity contribution in [3.63, 3.8) is 0 Å². The van der Waals surface area contributed by atoms with Crippen molar-refractivity contribution < 1.29 is 4.79 Å². The van der Waals surface area contributed by atoms with E-state index in [0.717, 1.165) is 40.6 Å². The summed E-state index contributed by atoms with van der Waals surface area (Å²) in [6.45, 7) is 4.42. The Labute approximate surface area is 157 Å². The maximum absolute atomic E-state index is 12.4. The minimum absolute atomic E-state index is 0.123. The first kappa shape index (κ1) is 17.0. The van der Waals surface area contributed by atoms with Gasteiger partial charge in [0.1, 0.15) is 0 Å². The molecule has 134 valence electrons. The molecule has 2 N–H and O–H groups in total. The zero-order valence-electron chi connectivity index (χ0n) is 15.1. The maximum Gasteiger partial charge on any atom is 0.281 e. The molecular weight excluding hydrogens is 342 g/mol. The summed E-state index contributed by atoms with van der Waals surface area (Å²) in [5.41, 5.74) is 7.42. The van der Waals surface area contributed by atoms with Crippen LogP contribution in [0.2, 0.25) is 0 Å². The van der Waals surface area contributed by atoms with E-state index in [9.17, 15) is 4.79 Å². The molecule has 4 nitrogen and oxygen atoms in total. The Bertz CT molecular complexity index is 982. The van der Waals surface area contributed by atoms with E-state index < -0.39 is 0 Å². The smallest absolute Gasteiger partial charge is 0.281 e. The fourth-order valence-corrected chi connectivity index (χ4v) is 4.77. The third-order valence-electron chi connectivity index (χ3n) is 5.14. The van der Waals surface area contributed by atoms with Crippen LogP contribution in [-0.4, -0.2) is 17.1 Å². The number of aryl methyl sites for hydroxylation is 2. The summed E-state index contributed by atoms with van der Waals surface area (Å²) in [7, 11) is 0. The van der Waals surface area contributed by atoms with Crippen molar-refractivity contribution in [3.05, 3.63) is 56.9 Å². The summed E-state index contributed by atoms with van der Waals surface area (Å²) >= 11 is 1.61. The second kappa shape index (κ2) is 7.08. The molecular formula is C21H23N3OS. The molecule has 1 aliphatic carbocycles. The van der Waals surface area contributed by atoms with Gasteiger partial charge in [-0.3, -0.25) is 4.79 Å². The van der Waals surface area contributed by atoms with Crippen molar-refractivity contribution in [2.45, 2.75) is 39.5 Å². The highest BCUT2D eigenvalue weighted by Crippen LogP contribution is 2.32. The van der Waals surface area contributed by atoms with Crippen LogP contribution in [0.25, 0.3) is 10.9 Å². The lowest BCUT2D eigenvalue weighted by molar-refractivity contribution is 0.0959. The Morgan fingerprint density at radius 2 is 2.35 bits per heavy atom. The first-order valence-electron chi connectivity index (χ1n) is 9.19. The van der Waals surface area contributed by atoms with E-state index in [1.165, 1.54) is 22.4 Å². The molecule has 1 amide bonds. The summed E-state index contributed by atoms with van der Waals surface area (Å²) in [4.78, 5) is 17.8. The van der Waals surface area contributed by atoms with Crippen LogP contribution in [0.4, 0.5) is 0 Å². The molecule has 5 heteroatoms. The third kappa shape index (κ3) is 3.19. The molecule has 0 aliphatic heterocycles. The van der Waals surface area contributed by atoms with Gasteiger partial charge in [0.2, 0.25) is 0 Å². The summed E-state index contributed by atoms with van der Waals surface area (Å²) in [5.74, 6) is 0.586. The summed E-state index contributed by atoms with van der Waals surface area (Å²) in [6, 6.07) is 8.30. The summed E-state index contributed by atoms with van der Waals surface area (Å²) in [6.07, 6.45) is 8.01. The van der Waals surface area contributed by atoms with E-state index in [-0.39, 0.29) is 5.91 Å². The number of nitrogens with zero attached hydrogens (tertiary/aromatic N) is 1. The van der Waals surface area contributed by atoms with Crippen LogP contribution in [0.3, 0.4) is 0 Å². The molecule has 0 bridgehead atoms. The third-order valence-corrected chi connectivity index (χ3v) is 6.37. The van der Waals surface area contributed by atoms with Gasteiger partial charge in [0, 0.05) is 27.5 Å². The van der Waals surface area contributed by atoms with Gasteiger partial charge in [0.25, 0.3) is 5.91 Å². The number of nitrogens with one attached hydrogen (secondary N) is 2. The number of aromatic nitrogens is 1. The molecule has 26 heavy (non-hydrogen) atoms. The topological polar surface area (TPSA) is 57.2 Å².